The van der Waals surface area contributed by atoms with E-state index in [0.29, 0.717) is 35.4 Å². The van der Waals surface area contributed by atoms with Gasteiger partial charge in [-0.25, -0.2) is 4.79 Å². The van der Waals surface area contributed by atoms with Gasteiger partial charge in [0.15, 0.2) is 17.6 Å². The Labute approximate surface area is 190 Å². The van der Waals surface area contributed by atoms with Crippen LogP contribution in [0, 0.1) is 0 Å². The molecular formula is C21H22Cl3NO5. The monoisotopic (exact) mass is 473 g/mol. The summed E-state index contributed by atoms with van der Waals surface area (Å²) >= 11 is 18.2. The van der Waals surface area contributed by atoms with E-state index in [0.717, 1.165) is 6.42 Å². The zero-order valence-corrected chi connectivity index (χ0v) is 19.0. The number of amides is 1. The molecule has 1 atom stereocenters. The van der Waals surface area contributed by atoms with Gasteiger partial charge in [-0.1, -0.05) is 41.7 Å². The van der Waals surface area contributed by atoms with E-state index in [1.54, 1.807) is 19.1 Å². The number of carbonyl (C=O) groups excluding carboxylic acids is 2. The van der Waals surface area contributed by atoms with Crippen molar-refractivity contribution in [1.29, 1.82) is 0 Å². The molecule has 1 amide bonds. The number of halogens is 3. The molecule has 0 spiro atoms. The van der Waals surface area contributed by atoms with Crippen LogP contribution in [0.3, 0.4) is 0 Å². The van der Waals surface area contributed by atoms with E-state index < -0.39 is 18.0 Å². The van der Waals surface area contributed by atoms with Crippen LogP contribution >= 0.6 is 34.8 Å². The molecule has 2 aromatic rings. The summed E-state index contributed by atoms with van der Waals surface area (Å²) in [6.07, 6.45) is -0.301. The van der Waals surface area contributed by atoms with Crippen molar-refractivity contribution in [3.8, 4) is 11.5 Å². The second-order valence-corrected chi connectivity index (χ2v) is 7.48. The first-order valence-electron chi connectivity index (χ1n) is 9.32. The number of rotatable bonds is 9. The Morgan fingerprint density at radius 1 is 1.03 bits per heavy atom. The predicted octanol–water partition coefficient (Wildman–Crippen LogP) is 6.02. The van der Waals surface area contributed by atoms with Gasteiger partial charge in [0.2, 0.25) is 0 Å². The summed E-state index contributed by atoms with van der Waals surface area (Å²) in [5.74, 6) is -0.591. The standard InChI is InChI=1S/C21H22Cl3NO5/c1-4-8-29-19-16(24)9-13(10-18(19)28-5-2)21(27)30-12(3)20(26)25-17-7-6-14(22)11-15(17)23/h6-7,9-12H,4-5,8H2,1-3H3,(H,25,26). The molecule has 0 saturated heterocycles. The van der Waals surface area contributed by atoms with Crippen LogP contribution in [-0.2, 0) is 9.53 Å². The fourth-order valence-corrected chi connectivity index (χ4v) is 3.12. The molecule has 0 aliphatic rings. The van der Waals surface area contributed by atoms with E-state index in [2.05, 4.69) is 5.32 Å². The fraction of sp³-hybridized carbons (Fsp3) is 0.333. The zero-order valence-electron chi connectivity index (χ0n) is 16.8. The minimum absolute atomic E-state index is 0.136. The summed E-state index contributed by atoms with van der Waals surface area (Å²) in [6.45, 7) is 6.02. The highest BCUT2D eigenvalue weighted by Crippen LogP contribution is 2.37. The highest BCUT2D eigenvalue weighted by Gasteiger charge is 2.22. The average Bonchev–Trinajstić information content (AvgIpc) is 2.69. The van der Waals surface area contributed by atoms with Gasteiger partial charge in [-0.3, -0.25) is 4.79 Å². The molecule has 6 nitrogen and oxygen atoms in total. The second kappa shape index (κ2) is 11.3. The minimum atomic E-state index is -1.09. The van der Waals surface area contributed by atoms with Crippen LogP contribution in [0.25, 0.3) is 0 Å². The number of carbonyl (C=O) groups is 2. The van der Waals surface area contributed by atoms with Gasteiger partial charge in [0.05, 0.1) is 34.5 Å². The third kappa shape index (κ3) is 6.42. The summed E-state index contributed by atoms with van der Waals surface area (Å²) < 4.78 is 16.4. The van der Waals surface area contributed by atoms with Crippen LogP contribution < -0.4 is 14.8 Å². The van der Waals surface area contributed by atoms with Crippen molar-refractivity contribution in [3.63, 3.8) is 0 Å². The summed E-state index contributed by atoms with van der Waals surface area (Å²) in [5, 5.41) is 3.51. The summed E-state index contributed by atoms with van der Waals surface area (Å²) in [5.41, 5.74) is 0.490. The van der Waals surface area contributed by atoms with Gasteiger partial charge in [-0.15, -0.1) is 0 Å². The molecule has 1 N–H and O–H groups in total. The van der Waals surface area contributed by atoms with E-state index in [1.807, 2.05) is 6.92 Å². The molecule has 0 saturated carbocycles. The van der Waals surface area contributed by atoms with Gasteiger partial charge in [-0.05, 0) is 50.6 Å². The van der Waals surface area contributed by atoms with Crippen LogP contribution in [0.4, 0.5) is 5.69 Å². The predicted molar refractivity (Wildman–Crippen MR) is 118 cm³/mol. The first-order valence-corrected chi connectivity index (χ1v) is 10.5. The van der Waals surface area contributed by atoms with Crippen molar-refractivity contribution in [1.82, 2.24) is 0 Å². The quantitative estimate of drug-likeness (QED) is 0.450. The van der Waals surface area contributed by atoms with Crippen molar-refractivity contribution in [3.05, 3.63) is 51.0 Å². The summed E-state index contributed by atoms with van der Waals surface area (Å²) in [4.78, 5) is 24.9. The molecule has 0 radical (unpaired) electrons. The molecule has 162 valence electrons. The first-order chi connectivity index (χ1) is 14.3. The van der Waals surface area contributed by atoms with Gasteiger partial charge >= 0.3 is 5.97 Å². The van der Waals surface area contributed by atoms with Crippen molar-refractivity contribution in [2.45, 2.75) is 33.3 Å². The lowest BCUT2D eigenvalue weighted by molar-refractivity contribution is -0.123. The zero-order chi connectivity index (χ0) is 22.3. The van der Waals surface area contributed by atoms with Gasteiger partial charge in [-0.2, -0.15) is 0 Å². The van der Waals surface area contributed by atoms with Crippen molar-refractivity contribution in [2.75, 3.05) is 18.5 Å². The first kappa shape index (κ1) is 24.1. The maximum atomic E-state index is 12.6. The van der Waals surface area contributed by atoms with E-state index >= 15 is 0 Å². The van der Waals surface area contributed by atoms with Gasteiger partial charge in [0.25, 0.3) is 5.91 Å². The number of anilines is 1. The molecule has 0 aliphatic heterocycles. The second-order valence-electron chi connectivity index (χ2n) is 6.23. The van der Waals surface area contributed by atoms with Crippen molar-refractivity contribution >= 4 is 52.4 Å². The lowest BCUT2D eigenvalue weighted by Crippen LogP contribution is -2.30. The lowest BCUT2D eigenvalue weighted by atomic mass is 10.2. The SMILES string of the molecule is CCCOc1c(Cl)cc(C(=O)OC(C)C(=O)Nc2ccc(Cl)cc2Cl)cc1OCC. The fourth-order valence-electron chi connectivity index (χ4n) is 2.40. The van der Waals surface area contributed by atoms with Crippen LogP contribution in [0.5, 0.6) is 11.5 Å². The van der Waals surface area contributed by atoms with Gasteiger partial charge in [0.1, 0.15) is 0 Å². The third-order valence-electron chi connectivity index (χ3n) is 3.84. The number of hydrogen-bond acceptors (Lipinski definition) is 5. The van der Waals surface area contributed by atoms with Crippen molar-refractivity contribution < 1.29 is 23.8 Å². The molecule has 0 aromatic heterocycles. The Hall–Kier alpha value is -2.15. The molecule has 9 heteroatoms. The normalized spacial score (nSPS) is 11.5. The van der Waals surface area contributed by atoms with E-state index in [-0.39, 0.29) is 15.6 Å². The van der Waals surface area contributed by atoms with Gasteiger partial charge < -0.3 is 19.5 Å². The summed E-state index contributed by atoms with van der Waals surface area (Å²) in [6, 6.07) is 7.52. The molecule has 0 bridgehead atoms. The molecule has 0 heterocycles. The Kier molecular flexibility index (Phi) is 9.08. The van der Waals surface area contributed by atoms with E-state index in [1.165, 1.54) is 25.1 Å². The Bertz CT molecular complexity index is 920. The Balaban J connectivity index is 2.12. The Morgan fingerprint density at radius 3 is 2.40 bits per heavy atom. The maximum absolute atomic E-state index is 12.6. The number of ether oxygens (including phenoxy) is 3. The van der Waals surface area contributed by atoms with E-state index in [4.69, 9.17) is 49.0 Å². The van der Waals surface area contributed by atoms with E-state index in [9.17, 15) is 9.59 Å². The molecule has 30 heavy (non-hydrogen) atoms. The lowest BCUT2D eigenvalue weighted by Gasteiger charge is -2.17. The molecule has 2 rings (SSSR count). The van der Waals surface area contributed by atoms with Crippen LogP contribution in [0.1, 0.15) is 37.6 Å². The molecule has 2 aromatic carbocycles. The molecule has 0 aliphatic carbocycles. The summed E-state index contributed by atoms with van der Waals surface area (Å²) in [7, 11) is 0. The molecule has 1 unspecified atom stereocenters. The third-order valence-corrected chi connectivity index (χ3v) is 4.67. The number of benzene rings is 2. The topological polar surface area (TPSA) is 73.9 Å². The minimum Gasteiger partial charge on any atom is -0.490 e. The number of esters is 1. The molecule has 0 fully saturated rings. The Morgan fingerprint density at radius 2 is 1.77 bits per heavy atom. The average molecular weight is 475 g/mol. The number of nitrogens with one attached hydrogen (secondary N) is 1. The van der Waals surface area contributed by atoms with Crippen LogP contribution in [-0.4, -0.2) is 31.2 Å². The van der Waals surface area contributed by atoms with Crippen molar-refractivity contribution in [2.24, 2.45) is 0 Å². The maximum Gasteiger partial charge on any atom is 0.339 e. The van der Waals surface area contributed by atoms with Gasteiger partial charge in [0, 0.05) is 5.02 Å². The largest absolute Gasteiger partial charge is 0.490 e. The molecular weight excluding hydrogens is 453 g/mol. The number of hydrogen-bond donors (Lipinski definition) is 1. The van der Waals surface area contributed by atoms with Crippen LogP contribution in [0.15, 0.2) is 30.3 Å². The highest BCUT2D eigenvalue weighted by molar-refractivity contribution is 6.36. The van der Waals surface area contributed by atoms with Crippen LogP contribution in [0.2, 0.25) is 15.1 Å². The highest BCUT2D eigenvalue weighted by atomic mass is 35.5. The smallest absolute Gasteiger partial charge is 0.339 e.